The summed E-state index contributed by atoms with van der Waals surface area (Å²) < 4.78 is 29.7. The maximum Gasteiger partial charge on any atom is 0.261 e. The molecule has 0 bridgehead atoms. The van der Waals surface area contributed by atoms with Crippen LogP contribution in [0, 0.1) is 17.8 Å². The van der Waals surface area contributed by atoms with Crippen LogP contribution in [-0.4, -0.2) is 45.2 Å². The fourth-order valence-electron chi connectivity index (χ4n) is 5.85. The van der Waals surface area contributed by atoms with Gasteiger partial charge < -0.3 is 10.1 Å². The SMILES string of the molecule is CCS(=O)(=O)c1ccc(C(COC)NC(=O)c2cc3c(s2)C(C(C)C)N(CC2CCC(C)CC2)C3)cc1. The highest BCUT2D eigenvalue weighted by Crippen LogP contribution is 2.45. The molecule has 1 N–H and O–H groups in total. The molecule has 2 aliphatic rings. The van der Waals surface area contributed by atoms with E-state index in [-0.39, 0.29) is 17.7 Å². The molecule has 1 aromatic heterocycles. The number of hydrogen-bond donors (Lipinski definition) is 1. The molecule has 1 amide bonds. The van der Waals surface area contributed by atoms with Crippen LogP contribution in [0.25, 0.3) is 0 Å². The van der Waals surface area contributed by atoms with E-state index in [0.29, 0.717) is 23.5 Å². The number of hydrogen-bond acceptors (Lipinski definition) is 6. The van der Waals surface area contributed by atoms with Crippen molar-refractivity contribution in [2.24, 2.45) is 17.8 Å². The Morgan fingerprint density at radius 3 is 2.43 bits per heavy atom. The van der Waals surface area contributed by atoms with Crippen molar-refractivity contribution in [3.8, 4) is 0 Å². The number of benzene rings is 1. The number of carbonyl (C=O) groups is 1. The number of fused-ring (bicyclic) bond motifs is 1. The van der Waals surface area contributed by atoms with E-state index < -0.39 is 9.84 Å². The van der Waals surface area contributed by atoms with Gasteiger partial charge in [0.1, 0.15) is 0 Å². The first-order valence-corrected chi connectivity index (χ1v) is 16.1. The van der Waals surface area contributed by atoms with Gasteiger partial charge >= 0.3 is 0 Å². The van der Waals surface area contributed by atoms with Gasteiger partial charge in [-0.25, -0.2) is 8.42 Å². The van der Waals surface area contributed by atoms with E-state index in [1.54, 1.807) is 49.6 Å². The third kappa shape index (κ3) is 6.47. The summed E-state index contributed by atoms with van der Waals surface area (Å²) in [6.45, 7) is 10.9. The zero-order valence-corrected chi connectivity index (χ0v) is 24.5. The van der Waals surface area contributed by atoms with Crippen molar-refractivity contribution in [3.05, 3.63) is 51.2 Å². The number of nitrogens with zero attached hydrogens (tertiary/aromatic N) is 1. The van der Waals surface area contributed by atoms with Gasteiger partial charge in [-0.15, -0.1) is 11.3 Å². The first-order chi connectivity index (χ1) is 17.6. The summed E-state index contributed by atoms with van der Waals surface area (Å²) in [7, 11) is -1.67. The second-order valence-electron chi connectivity index (χ2n) is 11.2. The van der Waals surface area contributed by atoms with E-state index in [4.69, 9.17) is 4.74 Å². The standard InChI is InChI=1S/C29H42N2O4S2/c1-6-37(33,34)24-13-11-22(12-14-24)25(18-35-5)30-29(32)26-15-23-17-31(27(19(2)3)28(23)36-26)16-21-9-7-20(4)8-10-21/h11-15,19-21,25,27H,6-10,16-18H2,1-5H3,(H,30,32). The van der Waals surface area contributed by atoms with Crippen molar-refractivity contribution < 1.29 is 17.9 Å². The zero-order valence-electron chi connectivity index (χ0n) is 22.8. The molecule has 2 atom stereocenters. The molecule has 1 saturated carbocycles. The lowest BCUT2D eigenvalue weighted by Gasteiger charge is -2.34. The van der Waals surface area contributed by atoms with Crippen LogP contribution in [-0.2, 0) is 21.1 Å². The van der Waals surface area contributed by atoms with Gasteiger partial charge in [0, 0.05) is 31.1 Å². The van der Waals surface area contributed by atoms with Crippen molar-refractivity contribution in [2.45, 2.75) is 76.9 Å². The Labute approximate surface area is 226 Å². The van der Waals surface area contributed by atoms with Crippen LogP contribution in [0.5, 0.6) is 0 Å². The van der Waals surface area contributed by atoms with E-state index in [2.05, 4.69) is 37.1 Å². The Kier molecular flexibility index (Phi) is 9.15. The number of rotatable bonds is 10. The summed E-state index contributed by atoms with van der Waals surface area (Å²) in [4.78, 5) is 18.3. The lowest BCUT2D eigenvalue weighted by molar-refractivity contribution is 0.0900. The molecule has 4 rings (SSSR count). The van der Waals surface area contributed by atoms with Crippen molar-refractivity contribution in [3.63, 3.8) is 0 Å². The molecule has 0 saturated heterocycles. The van der Waals surface area contributed by atoms with Crippen LogP contribution in [0.15, 0.2) is 35.2 Å². The van der Waals surface area contributed by atoms with Gasteiger partial charge in [0.25, 0.3) is 5.91 Å². The molecule has 1 aromatic carbocycles. The van der Waals surface area contributed by atoms with Crippen LogP contribution < -0.4 is 5.32 Å². The van der Waals surface area contributed by atoms with Crippen molar-refractivity contribution in [1.82, 2.24) is 10.2 Å². The summed E-state index contributed by atoms with van der Waals surface area (Å²) >= 11 is 1.62. The van der Waals surface area contributed by atoms with Gasteiger partial charge in [-0.1, -0.05) is 52.7 Å². The third-order valence-electron chi connectivity index (χ3n) is 8.02. The molecule has 2 heterocycles. The fourth-order valence-corrected chi connectivity index (χ4v) is 8.12. The van der Waals surface area contributed by atoms with E-state index in [1.807, 2.05) is 0 Å². The Morgan fingerprint density at radius 1 is 1.16 bits per heavy atom. The number of ether oxygens (including phenoxy) is 1. The number of sulfone groups is 1. The highest BCUT2D eigenvalue weighted by atomic mass is 32.2. The molecule has 0 spiro atoms. The van der Waals surface area contributed by atoms with E-state index in [1.165, 1.54) is 36.1 Å². The Hall–Kier alpha value is -1.74. The Morgan fingerprint density at radius 2 is 1.84 bits per heavy atom. The Balaban J connectivity index is 1.46. The van der Waals surface area contributed by atoms with E-state index in [0.717, 1.165) is 35.4 Å². The summed E-state index contributed by atoms with van der Waals surface area (Å²) in [5.41, 5.74) is 2.11. The summed E-state index contributed by atoms with van der Waals surface area (Å²) in [6, 6.07) is 8.82. The maximum atomic E-state index is 13.3. The number of methoxy groups -OCH3 is 1. The third-order valence-corrected chi connectivity index (χ3v) is 11.0. The summed E-state index contributed by atoms with van der Waals surface area (Å²) in [6.07, 6.45) is 5.35. The van der Waals surface area contributed by atoms with Gasteiger partial charge in [0.05, 0.1) is 28.2 Å². The molecule has 2 aromatic rings. The zero-order chi connectivity index (χ0) is 26.7. The van der Waals surface area contributed by atoms with Crippen molar-refractivity contribution in [2.75, 3.05) is 26.0 Å². The number of amides is 1. The lowest BCUT2D eigenvalue weighted by atomic mass is 9.82. The number of carbonyl (C=O) groups excluding carboxylic acids is 1. The molecule has 6 nitrogen and oxygen atoms in total. The summed E-state index contributed by atoms with van der Waals surface area (Å²) in [5, 5.41) is 3.12. The molecule has 204 valence electrons. The normalized spacial score (nSPS) is 23.2. The summed E-state index contributed by atoms with van der Waals surface area (Å²) in [5.74, 6) is 2.08. The minimum Gasteiger partial charge on any atom is -0.382 e. The molecule has 8 heteroatoms. The minimum absolute atomic E-state index is 0.0578. The van der Waals surface area contributed by atoms with Gasteiger partial charge in [-0.05, 0) is 59.9 Å². The topological polar surface area (TPSA) is 75.7 Å². The number of thiophene rings is 1. The second kappa shape index (κ2) is 12.0. The highest BCUT2D eigenvalue weighted by Gasteiger charge is 2.37. The molecular formula is C29H42N2O4S2. The van der Waals surface area contributed by atoms with Crippen LogP contribution in [0.1, 0.15) is 91.1 Å². The molecule has 1 aliphatic carbocycles. The molecule has 1 fully saturated rings. The van der Waals surface area contributed by atoms with Crippen LogP contribution in [0.4, 0.5) is 0 Å². The van der Waals surface area contributed by atoms with Gasteiger partial charge in [0.2, 0.25) is 0 Å². The largest absolute Gasteiger partial charge is 0.382 e. The van der Waals surface area contributed by atoms with Crippen LogP contribution in [0.3, 0.4) is 0 Å². The first kappa shape index (κ1) is 28.3. The minimum atomic E-state index is -3.27. The smallest absolute Gasteiger partial charge is 0.261 e. The van der Waals surface area contributed by atoms with E-state index >= 15 is 0 Å². The Bertz CT molecular complexity index is 1170. The first-order valence-electron chi connectivity index (χ1n) is 13.6. The fraction of sp³-hybridized carbons (Fsp3) is 0.621. The molecular weight excluding hydrogens is 504 g/mol. The van der Waals surface area contributed by atoms with Crippen LogP contribution in [0.2, 0.25) is 0 Å². The predicted molar refractivity (Wildman–Crippen MR) is 150 cm³/mol. The number of nitrogens with one attached hydrogen (secondary N) is 1. The van der Waals surface area contributed by atoms with E-state index in [9.17, 15) is 13.2 Å². The van der Waals surface area contributed by atoms with Gasteiger partial charge in [-0.2, -0.15) is 0 Å². The lowest BCUT2D eigenvalue weighted by Crippen LogP contribution is -2.33. The molecule has 0 radical (unpaired) electrons. The van der Waals surface area contributed by atoms with Gasteiger partial charge in [-0.3, -0.25) is 9.69 Å². The molecule has 37 heavy (non-hydrogen) atoms. The monoisotopic (exact) mass is 546 g/mol. The predicted octanol–water partition coefficient (Wildman–Crippen LogP) is 6.00. The molecule has 2 unspecified atom stereocenters. The quantitative estimate of drug-likeness (QED) is 0.396. The maximum absolute atomic E-state index is 13.3. The van der Waals surface area contributed by atoms with Crippen molar-refractivity contribution in [1.29, 1.82) is 0 Å². The second-order valence-corrected chi connectivity index (χ2v) is 14.6. The average Bonchev–Trinajstić information content (AvgIpc) is 3.43. The average molecular weight is 547 g/mol. The van der Waals surface area contributed by atoms with Crippen LogP contribution >= 0.6 is 11.3 Å². The molecule has 1 aliphatic heterocycles. The van der Waals surface area contributed by atoms with Gasteiger partial charge in [0.15, 0.2) is 9.84 Å². The highest BCUT2D eigenvalue weighted by molar-refractivity contribution is 7.91. The van der Waals surface area contributed by atoms with Crippen molar-refractivity contribution >= 4 is 27.1 Å².